The SMILES string of the molecule is Brc1ccc2c3c(-c4ccccc4)c4c5ccc6c7cccc8cccc(c9ccc(c4c(-c4ccccc4)c3c3cccc1c32)c5c96)c87.Brc1ccc2c3c(-c4ccccc4)c4c5cccc6c(-c7cccc8ccccc78)ccc(c4c(-c4ccccc4)c3c3cccc1c23)c65. The lowest BCUT2D eigenvalue weighted by atomic mass is 9.87. The fourth-order valence-corrected chi connectivity index (χ4v) is 19.4. The molecule has 23 rings (SSSR count). The largest absolute Gasteiger partial charge is 0.0622 e. The molecular formula is C96H52Br2. The molecule has 23 aromatic rings. The van der Waals surface area contributed by atoms with Gasteiger partial charge in [0.25, 0.3) is 0 Å². The molecule has 0 saturated heterocycles. The molecule has 98 heavy (non-hydrogen) atoms. The molecule has 2 heteroatoms. The van der Waals surface area contributed by atoms with Crippen molar-refractivity contribution in [3.8, 4) is 55.6 Å². The summed E-state index contributed by atoms with van der Waals surface area (Å²) in [6.45, 7) is 0. The average molecular weight is 1370 g/mol. The average Bonchev–Trinajstić information content (AvgIpc) is 1.50. The predicted octanol–water partition coefficient (Wildman–Crippen LogP) is 28.9. The van der Waals surface area contributed by atoms with Crippen LogP contribution >= 0.6 is 31.9 Å². The van der Waals surface area contributed by atoms with Gasteiger partial charge in [0.2, 0.25) is 0 Å². The molecule has 0 heterocycles. The Labute approximate surface area is 579 Å². The van der Waals surface area contributed by atoms with Crippen molar-refractivity contribution in [1.29, 1.82) is 0 Å². The van der Waals surface area contributed by atoms with Gasteiger partial charge in [0.1, 0.15) is 0 Å². The summed E-state index contributed by atoms with van der Waals surface area (Å²) in [5, 5.41) is 42.4. The van der Waals surface area contributed by atoms with Crippen molar-refractivity contribution < 1.29 is 0 Å². The number of hydrogen-bond acceptors (Lipinski definition) is 0. The van der Waals surface area contributed by atoms with E-state index in [4.69, 9.17) is 0 Å². The van der Waals surface area contributed by atoms with E-state index >= 15 is 0 Å². The second kappa shape index (κ2) is 20.5. The zero-order valence-corrected chi connectivity index (χ0v) is 56.0. The Kier molecular flexibility index (Phi) is 11.4. The molecule has 23 aromatic carbocycles. The van der Waals surface area contributed by atoms with E-state index in [1.165, 1.54) is 228 Å². The molecule has 0 aliphatic heterocycles. The van der Waals surface area contributed by atoms with Crippen LogP contribution in [-0.4, -0.2) is 0 Å². The molecule has 0 saturated carbocycles. The van der Waals surface area contributed by atoms with Crippen LogP contribution in [0.2, 0.25) is 0 Å². The van der Waals surface area contributed by atoms with Crippen molar-refractivity contribution in [3.05, 3.63) is 324 Å². The molecule has 0 unspecified atom stereocenters. The minimum absolute atomic E-state index is 1.13. The van der Waals surface area contributed by atoms with Crippen molar-refractivity contribution in [3.63, 3.8) is 0 Å². The molecule has 0 bridgehead atoms. The van der Waals surface area contributed by atoms with Crippen LogP contribution in [0.4, 0.5) is 0 Å². The molecule has 0 aliphatic carbocycles. The van der Waals surface area contributed by atoms with Crippen LogP contribution in [0, 0.1) is 0 Å². The summed E-state index contributed by atoms with van der Waals surface area (Å²) < 4.78 is 2.27. The van der Waals surface area contributed by atoms with Gasteiger partial charge < -0.3 is 0 Å². The number of fused-ring (bicyclic) bond motifs is 15. The zero-order valence-electron chi connectivity index (χ0n) is 52.8. The highest BCUT2D eigenvalue weighted by atomic mass is 79.9. The van der Waals surface area contributed by atoms with Crippen molar-refractivity contribution in [2.75, 3.05) is 0 Å². The third-order valence-electron chi connectivity index (χ3n) is 22.1. The van der Waals surface area contributed by atoms with Gasteiger partial charge in [-0.1, -0.05) is 335 Å². The van der Waals surface area contributed by atoms with E-state index in [0.717, 1.165) is 8.95 Å². The first-order valence-electron chi connectivity index (χ1n) is 33.9. The van der Waals surface area contributed by atoms with Crippen LogP contribution in [0.15, 0.2) is 324 Å². The van der Waals surface area contributed by atoms with Crippen LogP contribution in [0.5, 0.6) is 0 Å². The van der Waals surface area contributed by atoms with E-state index in [1.807, 2.05) is 0 Å². The second-order valence-corrected chi connectivity index (χ2v) is 28.5. The summed E-state index contributed by atoms with van der Waals surface area (Å²) in [6, 6.07) is 118. The predicted molar refractivity (Wildman–Crippen MR) is 431 cm³/mol. The maximum atomic E-state index is 3.91. The van der Waals surface area contributed by atoms with E-state index in [1.54, 1.807) is 0 Å². The van der Waals surface area contributed by atoms with Crippen LogP contribution in [0.3, 0.4) is 0 Å². The summed E-state index contributed by atoms with van der Waals surface area (Å²) in [7, 11) is 0. The van der Waals surface area contributed by atoms with E-state index < -0.39 is 0 Å². The van der Waals surface area contributed by atoms with Crippen molar-refractivity contribution in [2.24, 2.45) is 0 Å². The van der Waals surface area contributed by atoms with E-state index in [9.17, 15) is 0 Å². The molecular weight excluding hydrogens is 1310 g/mol. The lowest BCUT2D eigenvalue weighted by Crippen LogP contribution is -1.87. The number of benzene rings is 19. The molecule has 0 fully saturated rings. The van der Waals surface area contributed by atoms with Gasteiger partial charge in [-0.3, -0.25) is 0 Å². The minimum atomic E-state index is 1.13. The summed E-state index contributed by atoms with van der Waals surface area (Å²) in [5.41, 5.74) is 12.9. The number of halogens is 2. The lowest BCUT2D eigenvalue weighted by Gasteiger charge is -2.15. The Balaban J connectivity index is 0.000000126. The molecule has 0 aromatic heterocycles. The standard InChI is InChI=1S/C48H25Br.C48H27Br/c49-38-25-24-35-42-33(38)18-9-19-34(42)45-40(27-10-3-1-4-11-27)47-36-22-20-31-29-16-7-14-26-15-8-17-30(39(26)29)32-21-23-37(44(36)43(31)32)48(47)41(46(35)45)28-12-5-2-6-13-28;49-40-27-26-39-44-35(40)21-11-23-37(44)46-42(30-15-5-2-6-16-30)47-38-25-24-33(32-19-9-17-28-12-7-8-18-31(28)32)34-20-10-22-36(43(34)38)45(47)41(48(39)46)29-13-3-1-4-14-29/h1-25H;1-27H. The maximum Gasteiger partial charge on any atom is 0.0254 e. The Morgan fingerprint density at radius 1 is 0.133 bits per heavy atom. The van der Waals surface area contributed by atoms with E-state index in [0.29, 0.717) is 0 Å². The first kappa shape index (κ1) is 54.7. The molecule has 0 N–H and O–H groups in total. The molecule has 0 amide bonds. The Morgan fingerprint density at radius 3 is 0.837 bits per heavy atom. The fraction of sp³-hybridized carbons (Fsp3) is 0. The van der Waals surface area contributed by atoms with Crippen LogP contribution < -0.4 is 0 Å². The highest BCUT2D eigenvalue weighted by Gasteiger charge is 2.31. The van der Waals surface area contributed by atoms with Crippen LogP contribution in [0.25, 0.3) is 228 Å². The summed E-state index contributed by atoms with van der Waals surface area (Å²) >= 11 is 7.81. The van der Waals surface area contributed by atoms with Gasteiger partial charge in [-0.25, -0.2) is 0 Å². The monoisotopic (exact) mass is 1360 g/mol. The summed E-state index contributed by atoms with van der Waals surface area (Å²) in [4.78, 5) is 0. The van der Waals surface area contributed by atoms with Crippen LogP contribution in [0.1, 0.15) is 0 Å². The van der Waals surface area contributed by atoms with Gasteiger partial charge in [-0.15, -0.1) is 0 Å². The number of hydrogen-bond donors (Lipinski definition) is 0. The Morgan fingerprint density at radius 2 is 0.388 bits per heavy atom. The topological polar surface area (TPSA) is 0 Å². The first-order valence-corrected chi connectivity index (χ1v) is 35.5. The second-order valence-electron chi connectivity index (χ2n) is 26.8. The Hall–Kier alpha value is -11.5. The highest BCUT2D eigenvalue weighted by molar-refractivity contribution is 9.11. The van der Waals surface area contributed by atoms with Gasteiger partial charge in [-0.05, 0) is 240 Å². The molecule has 0 atom stereocenters. The zero-order chi connectivity index (χ0) is 64.2. The smallest absolute Gasteiger partial charge is 0.0254 e. The molecule has 0 nitrogen and oxygen atoms in total. The highest BCUT2D eigenvalue weighted by Crippen LogP contribution is 2.60. The van der Waals surface area contributed by atoms with E-state index in [2.05, 4.69) is 347 Å². The van der Waals surface area contributed by atoms with Gasteiger partial charge >= 0.3 is 0 Å². The number of rotatable bonds is 5. The fourth-order valence-electron chi connectivity index (χ4n) is 18.5. The van der Waals surface area contributed by atoms with Crippen molar-refractivity contribution in [1.82, 2.24) is 0 Å². The third kappa shape index (κ3) is 7.27. The van der Waals surface area contributed by atoms with Crippen molar-refractivity contribution >= 4 is 204 Å². The van der Waals surface area contributed by atoms with Gasteiger partial charge in [-0.2, -0.15) is 0 Å². The summed E-state index contributed by atoms with van der Waals surface area (Å²) in [6.07, 6.45) is 0. The van der Waals surface area contributed by atoms with Crippen molar-refractivity contribution in [2.45, 2.75) is 0 Å². The first-order chi connectivity index (χ1) is 48.6. The lowest BCUT2D eigenvalue weighted by molar-refractivity contribution is 1.68. The van der Waals surface area contributed by atoms with Crippen LogP contribution in [-0.2, 0) is 0 Å². The quantitative estimate of drug-likeness (QED) is 0.119. The molecule has 0 spiro atoms. The Bertz CT molecular complexity index is 6980. The molecule has 0 radical (unpaired) electrons. The van der Waals surface area contributed by atoms with Gasteiger partial charge in [0, 0.05) is 8.95 Å². The summed E-state index contributed by atoms with van der Waals surface area (Å²) in [5.74, 6) is 0. The van der Waals surface area contributed by atoms with Gasteiger partial charge in [0.15, 0.2) is 0 Å². The third-order valence-corrected chi connectivity index (χ3v) is 23.5. The molecule has 450 valence electrons. The normalized spacial score (nSPS) is 12.4. The van der Waals surface area contributed by atoms with Gasteiger partial charge in [0.05, 0.1) is 0 Å². The molecule has 0 aliphatic rings. The maximum absolute atomic E-state index is 3.91. The minimum Gasteiger partial charge on any atom is -0.0622 e. The van der Waals surface area contributed by atoms with E-state index in [-0.39, 0.29) is 0 Å².